The first-order chi connectivity index (χ1) is 10.3. The van der Waals surface area contributed by atoms with E-state index >= 15 is 0 Å². The highest BCUT2D eigenvalue weighted by Crippen LogP contribution is 2.18. The molecule has 0 heterocycles. The molecule has 0 radical (unpaired) electrons. The van der Waals surface area contributed by atoms with Gasteiger partial charge < -0.3 is 14.6 Å². The molecule has 21 heavy (non-hydrogen) atoms. The normalized spacial score (nSPS) is 10.1. The first kappa shape index (κ1) is 14.9. The summed E-state index contributed by atoms with van der Waals surface area (Å²) in [7, 11) is 0. The molecule has 0 bridgehead atoms. The molecule has 1 N–H and O–H groups in total. The van der Waals surface area contributed by atoms with E-state index < -0.39 is 5.97 Å². The Hall–Kier alpha value is -2.49. The summed E-state index contributed by atoms with van der Waals surface area (Å²) < 4.78 is 11.2. The summed E-state index contributed by atoms with van der Waals surface area (Å²) in [6.07, 6.45) is 0.701. The molecule has 0 aliphatic carbocycles. The fraction of sp³-hybridized carbons (Fsp3) is 0.235. The van der Waals surface area contributed by atoms with E-state index in [4.69, 9.17) is 14.6 Å². The molecule has 0 spiro atoms. The van der Waals surface area contributed by atoms with Crippen molar-refractivity contribution >= 4 is 5.97 Å². The molecule has 4 heteroatoms. The van der Waals surface area contributed by atoms with Crippen molar-refractivity contribution in [1.29, 1.82) is 0 Å². The van der Waals surface area contributed by atoms with Crippen LogP contribution in [0.5, 0.6) is 11.5 Å². The van der Waals surface area contributed by atoms with Crippen LogP contribution in [0.25, 0.3) is 0 Å². The summed E-state index contributed by atoms with van der Waals surface area (Å²) in [5.74, 6) is 0.599. The number of hydrogen-bond acceptors (Lipinski definition) is 3. The van der Waals surface area contributed by atoms with Crippen molar-refractivity contribution in [2.24, 2.45) is 0 Å². The number of hydrogen-bond donors (Lipinski definition) is 1. The Balaban J connectivity index is 1.75. The number of para-hydroxylation sites is 2. The lowest BCUT2D eigenvalue weighted by molar-refractivity contribution is -0.136. The van der Waals surface area contributed by atoms with Crippen LogP contribution in [0.3, 0.4) is 0 Å². The van der Waals surface area contributed by atoms with Gasteiger partial charge in [0.2, 0.25) is 0 Å². The second-order valence-corrected chi connectivity index (χ2v) is 4.54. The van der Waals surface area contributed by atoms with Gasteiger partial charge in [-0.25, -0.2) is 0 Å². The van der Waals surface area contributed by atoms with Crippen molar-refractivity contribution in [1.82, 2.24) is 0 Å². The Bertz CT molecular complexity index is 566. The second kappa shape index (κ2) is 7.94. The third kappa shape index (κ3) is 5.18. The van der Waals surface area contributed by atoms with Crippen molar-refractivity contribution < 1.29 is 19.4 Å². The Morgan fingerprint density at radius 3 is 2.33 bits per heavy atom. The molecular weight excluding hydrogens is 268 g/mol. The monoisotopic (exact) mass is 286 g/mol. The van der Waals surface area contributed by atoms with Crippen LogP contribution in [0.15, 0.2) is 54.6 Å². The van der Waals surface area contributed by atoms with Crippen molar-refractivity contribution in [2.75, 3.05) is 13.2 Å². The van der Waals surface area contributed by atoms with Crippen molar-refractivity contribution in [3.63, 3.8) is 0 Å². The van der Waals surface area contributed by atoms with E-state index in [1.165, 1.54) is 0 Å². The van der Waals surface area contributed by atoms with Crippen LogP contribution in [0, 0.1) is 0 Å². The quantitative estimate of drug-likeness (QED) is 0.757. The fourth-order valence-electron chi connectivity index (χ4n) is 1.90. The van der Waals surface area contributed by atoms with E-state index in [1.807, 2.05) is 42.5 Å². The number of carboxylic acid groups (broad SMARTS) is 1. The second-order valence-electron chi connectivity index (χ2n) is 4.54. The van der Waals surface area contributed by atoms with Crippen LogP contribution in [0.4, 0.5) is 0 Å². The zero-order valence-corrected chi connectivity index (χ0v) is 11.7. The molecule has 0 amide bonds. The highest BCUT2D eigenvalue weighted by molar-refractivity contribution is 5.71. The Morgan fingerprint density at radius 1 is 0.905 bits per heavy atom. The minimum atomic E-state index is -0.863. The first-order valence-corrected chi connectivity index (χ1v) is 6.86. The molecule has 0 aromatic heterocycles. The largest absolute Gasteiger partial charge is 0.493 e. The Labute approximate surface area is 123 Å². The molecule has 0 aliphatic rings. The lowest BCUT2D eigenvalue weighted by Gasteiger charge is -2.10. The molecule has 0 saturated heterocycles. The third-order valence-electron chi connectivity index (χ3n) is 2.87. The molecule has 2 rings (SSSR count). The van der Waals surface area contributed by atoms with Gasteiger partial charge in [0.25, 0.3) is 0 Å². The molecule has 110 valence electrons. The SMILES string of the molecule is O=C(O)Cc1ccccc1OCCCOc1ccccc1. The van der Waals surface area contributed by atoms with Crippen LogP contribution in [0.2, 0.25) is 0 Å². The lowest BCUT2D eigenvalue weighted by atomic mass is 10.1. The predicted octanol–water partition coefficient (Wildman–Crippen LogP) is 3.16. The maximum absolute atomic E-state index is 10.8. The minimum absolute atomic E-state index is 0.0311. The van der Waals surface area contributed by atoms with E-state index in [2.05, 4.69) is 0 Å². The molecule has 0 fully saturated rings. The van der Waals surface area contributed by atoms with Gasteiger partial charge >= 0.3 is 5.97 Å². The summed E-state index contributed by atoms with van der Waals surface area (Å²) >= 11 is 0. The van der Waals surface area contributed by atoms with Crippen LogP contribution in [-0.2, 0) is 11.2 Å². The number of rotatable bonds is 8. The van der Waals surface area contributed by atoms with Crippen molar-refractivity contribution in [3.05, 3.63) is 60.2 Å². The van der Waals surface area contributed by atoms with Gasteiger partial charge in [-0.05, 0) is 18.2 Å². The van der Waals surface area contributed by atoms with Crippen LogP contribution >= 0.6 is 0 Å². The van der Waals surface area contributed by atoms with Crippen LogP contribution in [-0.4, -0.2) is 24.3 Å². The molecule has 2 aromatic rings. The van der Waals surface area contributed by atoms with Gasteiger partial charge in [0.15, 0.2) is 0 Å². The van der Waals surface area contributed by atoms with Crippen LogP contribution in [0.1, 0.15) is 12.0 Å². The molecule has 0 saturated carbocycles. The smallest absolute Gasteiger partial charge is 0.307 e. The highest BCUT2D eigenvalue weighted by atomic mass is 16.5. The highest BCUT2D eigenvalue weighted by Gasteiger charge is 2.06. The molecule has 4 nitrogen and oxygen atoms in total. The zero-order chi connectivity index (χ0) is 14.9. The Kier molecular flexibility index (Phi) is 5.64. The minimum Gasteiger partial charge on any atom is -0.493 e. The standard InChI is InChI=1S/C17H18O4/c18-17(19)13-14-7-4-5-10-16(14)21-12-6-11-20-15-8-2-1-3-9-15/h1-5,7-10H,6,11-13H2,(H,18,19). The Morgan fingerprint density at radius 2 is 1.57 bits per heavy atom. The van der Waals surface area contributed by atoms with Gasteiger partial charge in [0.05, 0.1) is 19.6 Å². The fourth-order valence-corrected chi connectivity index (χ4v) is 1.90. The van der Waals surface area contributed by atoms with Crippen molar-refractivity contribution in [3.8, 4) is 11.5 Å². The third-order valence-corrected chi connectivity index (χ3v) is 2.87. The van der Waals surface area contributed by atoms with Gasteiger partial charge in [0.1, 0.15) is 11.5 Å². The van der Waals surface area contributed by atoms with Gasteiger partial charge in [-0.2, -0.15) is 0 Å². The topological polar surface area (TPSA) is 55.8 Å². The number of carboxylic acids is 1. The summed E-state index contributed by atoms with van der Waals surface area (Å²) in [6, 6.07) is 16.8. The van der Waals surface area contributed by atoms with Gasteiger partial charge in [-0.15, -0.1) is 0 Å². The van der Waals surface area contributed by atoms with Gasteiger partial charge in [-0.3, -0.25) is 4.79 Å². The van der Waals surface area contributed by atoms with E-state index in [-0.39, 0.29) is 6.42 Å². The average molecular weight is 286 g/mol. The van der Waals surface area contributed by atoms with E-state index in [0.29, 0.717) is 24.5 Å². The predicted molar refractivity (Wildman–Crippen MR) is 79.8 cm³/mol. The number of benzene rings is 2. The van der Waals surface area contributed by atoms with Crippen molar-refractivity contribution in [2.45, 2.75) is 12.8 Å². The first-order valence-electron chi connectivity index (χ1n) is 6.86. The molecular formula is C17H18O4. The lowest BCUT2D eigenvalue weighted by Crippen LogP contribution is -2.07. The van der Waals surface area contributed by atoms with Gasteiger partial charge in [-0.1, -0.05) is 36.4 Å². The summed E-state index contributed by atoms with van der Waals surface area (Å²) in [5.41, 5.74) is 0.689. The molecule has 0 unspecified atom stereocenters. The van der Waals surface area contributed by atoms with E-state index in [1.54, 1.807) is 12.1 Å². The van der Waals surface area contributed by atoms with Gasteiger partial charge in [0, 0.05) is 12.0 Å². The molecule has 0 atom stereocenters. The van der Waals surface area contributed by atoms with E-state index in [0.717, 1.165) is 12.2 Å². The molecule has 0 aliphatic heterocycles. The zero-order valence-electron chi connectivity index (χ0n) is 11.7. The summed E-state index contributed by atoms with van der Waals surface area (Å²) in [4.78, 5) is 10.8. The van der Waals surface area contributed by atoms with E-state index in [9.17, 15) is 4.79 Å². The number of carbonyl (C=O) groups is 1. The maximum atomic E-state index is 10.8. The molecule has 2 aromatic carbocycles. The maximum Gasteiger partial charge on any atom is 0.307 e. The average Bonchev–Trinajstić information content (AvgIpc) is 2.49. The van der Waals surface area contributed by atoms with Crippen LogP contribution < -0.4 is 9.47 Å². The summed E-state index contributed by atoms with van der Waals surface area (Å²) in [6.45, 7) is 1.05. The summed E-state index contributed by atoms with van der Waals surface area (Å²) in [5, 5.41) is 8.85. The number of ether oxygens (including phenoxy) is 2. The number of aliphatic carboxylic acids is 1.